The zero-order valence-corrected chi connectivity index (χ0v) is 20.2. The second kappa shape index (κ2) is 10.6. The van der Waals surface area contributed by atoms with E-state index in [9.17, 15) is 9.59 Å². The van der Waals surface area contributed by atoms with Crippen LogP contribution < -0.4 is 10.6 Å². The van der Waals surface area contributed by atoms with Crippen molar-refractivity contribution in [2.45, 2.75) is 26.7 Å². The first-order valence-electron chi connectivity index (χ1n) is 11.6. The minimum atomic E-state index is -0.209. The molecular weight excluding hydrogens is 446 g/mol. The minimum Gasteiger partial charge on any atom is -0.354 e. The van der Waals surface area contributed by atoms with E-state index < -0.39 is 0 Å². The SMILES string of the molecule is CCCN(CCC)C(=O)c1ccc2c(c1)C(=C(Nc1ccc(Cl)cc1)c1ccccc1)C(=O)N2. The molecule has 0 unspecified atom stereocenters. The topological polar surface area (TPSA) is 61.4 Å². The Labute approximate surface area is 205 Å². The van der Waals surface area contributed by atoms with Crippen molar-refractivity contribution in [1.82, 2.24) is 4.90 Å². The molecule has 0 aromatic heterocycles. The summed E-state index contributed by atoms with van der Waals surface area (Å²) in [6, 6.07) is 22.5. The van der Waals surface area contributed by atoms with Crippen LogP contribution in [0, 0.1) is 0 Å². The Morgan fingerprint density at radius 2 is 1.59 bits per heavy atom. The number of carbonyl (C=O) groups is 2. The van der Waals surface area contributed by atoms with Gasteiger partial charge in [-0.05, 0) is 60.9 Å². The average molecular weight is 474 g/mol. The van der Waals surface area contributed by atoms with Gasteiger partial charge in [-0.3, -0.25) is 9.59 Å². The lowest BCUT2D eigenvalue weighted by molar-refractivity contribution is -0.110. The van der Waals surface area contributed by atoms with Crippen molar-refractivity contribution in [3.63, 3.8) is 0 Å². The summed E-state index contributed by atoms with van der Waals surface area (Å²) >= 11 is 6.06. The van der Waals surface area contributed by atoms with Gasteiger partial charge in [0.2, 0.25) is 0 Å². The van der Waals surface area contributed by atoms with Crippen LogP contribution in [0.15, 0.2) is 72.8 Å². The number of hydrogen-bond donors (Lipinski definition) is 2. The summed E-state index contributed by atoms with van der Waals surface area (Å²) in [5, 5.41) is 7.00. The molecule has 2 amide bonds. The van der Waals surface area contributed by atoms with Crippen LogP contribution in [0.5, 0.6) is 0 Å². The minimum absolute atomic E-state index is 0.0166. The van der Waals surface area contributed by atoms with E-state index in [0.717, 1.165) is 24.1 Å². The highest BCUT2D eigenvalue weighted by Crippen LogP contribution is 2.38. The van der Waals surface area contributed by atoms with Crippen LogP contribution in [-0.4, -0.2) is 29.8 Å². The lowest BCUT2D eigenvalue weighted by Crippen LogP contribution is -2.32. The van der Waals surface area contributed by atoms with Crippen molar-refractivity contribution in [3.8, 4) is 0 Å². The Hall–Kier alpha value is -3.57. The molecule has 3 aromatic rings. The third-order valence-electron chi connectivity index (χ3n) is 5.71. The van der Waals surface area contributed by atoms with Gasteiger partial charge in [0.05, 0.1) is 11.3 Å². The van der Waals surface area contributed by atoms with Crippen molar-refractivity contribution in [2.75, 3.05) is 23.7 Å². The Balaban J connectivity index is 1.82. The maximum absolute atomic E-state index is 13.3. The number of rotatable bonds is 8. The zero-order valence-electron chi connectivity index (χ0n) is 19.4. The Morgan fingerprint density at radius 3 is 2.24 bits per heavy atom. The molecule has 0 fully saturated rings. The highest BCUT2D eigenvalue weighted by Gasteiger charge is 2.30. The lowest BCUT2D eigenvalue weighted by Gasteiger charge is -2.22. The fraction of sp³-hybridized carbons (Fsp3) is 0.214. The molecule has 1 aliphatic heterocycles. The molecule has 1 heterocycles. The van der Waals surface area contributed by atoms with E-state index in [0.29, 0.717) is 46.2 Å². The quantitative estimate of drug-likeness (QED) is 0.365. The molecule has 0 saturated heterocycles. The van der Waals surface area contributed by atoms with Crippen LogP contribution in [0.2, 0.25) is 5.02 Å². The van der Waals surface area contributed by atoms with Crippen LogP contribution in [-0.2, 0) is 4.79 Å². The number of amides is 2. The standard InChI is InChI=1S/C28H28ClN3O2/c1-3-16-32(17-4-2)28(34)20-10-15-24-23(18-20)25(27(33)31-24)26(19-8-6-5-7-9-19)30-22-13-11-21(29)12-14-22/h5-15,18,30H,3-4,16-17H2,1-2H3,(H,31,33). The van der Waals surface area contributed by atoms with Gasteiger partial charge in [-0.1, -0.05) is 55.8 Å². The van der Waals surface area contributed by atoms with Crippen molar-refractivity contribution in [3.05, 3.63) is 94.5 Å². The van der Waals surface area contributed by atoms with E-state index in [4.69, 9.17) is 11.6 Å². The summed E-state index contributed by atoms with van der Waals surface area (Å²) < 4.78 is 0. The van der Waals surface area contributed by atoms with Gasteiger partial charge in [0, 0.05) is 40.6 Å². The van der Waals surface area contributed by atoms with Crippen molar-refractivity contribution < 1.29 is 9.59 Å². The van der Waals surface area contributed by atoms with Gasteiger partial charge >= 0.3 is 0 Å². The van der Waals surface area contributed by atoms with E-state index in [-0.39, 0.29) is 11.8 Å². The van der Waals surface area contributed by atoms with E-state index in [1.165, 1.54) is 0 Å². The first kappa shape index (κ1) is 23.6. The van der Waals surface area contributed by atoms with E-state index in [2.05, 4.69) is 24.5 Å². The predicted octanol–water partition coefficient (Wildman–Crippen LogP) is 6.53. The fourth-order valence-electron chi connectivity index (χ4n) is 4.15. The molecule has 3 aromatic carbocycles. The molecule has 0 radical (unpaired) electrons. The predicted molar refractivity (Wildman–Crippen MR) is 140 cm³/mol. The summed E-state index contributed by atoms with van der Waals surface area (Å²) in [4.78, 5) is 28.3. The number of fused-ring (bicyclic) bond motifs is 1. The molecule has 174 valence electrons. The third kappa shape index (κ3) is 5.00. The van der Waals surface area contributed by atoms with Crippen LogP contribution in [0.1, 0.15) is 48.2 Å². The number of hydrogen-bond acceptors (Lipinski definition) is 3. The maximum Gasteiger partial charge on any atom is 0.258 e. The summed E-state index contributed by atoms with van der Waals surface area (Å²) in [7, 11) is 0. The molecular formula is C28H28ClN3O2. The number of benzene rings is 3. The molecule has 6 heteroatoms. The largest absolute Gasteiger partial charge is 0.354 e. The van der Waals surface area contributed by atoms with Gasteiger partial charge < -0.3 is 15.5 Å². The molecule has 0 bridgehead atoms. The van der Waals surface area contributed by atoms with Gasteiger partial charge in [0.15, 0.2) is 0 Å². The van der Waals surface area contributed by atoms with Crippen LogP contribution >= 0.6 is 11.6 Å². The second-order valence-electron chi connectivity index (χ2n) is 8.25. The summed E-state index contributed by atoms with van der Waals surface area (Å²) in [5.74, 6) is -0.226. The highest BCUT2D eigenvalue weighted by atomic mass is 35.5. The number of nitrogens with zero attached hydrogens (tertiary/aromatic N) is 1. The molecule has 0 atom stereocenters. The summed E-state index contributed by atoms with van der Waals surface area (Å²) in [6.07, 6.45) is 1.79. The van der Waals surface area contributed by atoms with Crippen molar-refractivity contribution in [1.29, 1.82) is 0 Å². The number of anilines is 2. The molecule has 1 aliphatic rings. The summed E-state index contributed by atoms with van der Waals surface area (Å²) in [6.45, 7) is 5.54. The van der Waals surface area contributed by atoms with Crippen LogP contribution in [0.3, 0.4) is 0 Å². The zero-order chi connectivity index (χ0) is 24.1. The molecule has 0 aliphatic carbocycles. The average Bonchev–Trinajstić information content (AvgIpc) is 3.18. The van der Waals surface area contributed by atoms with Gasteiger partial charge in [0.1, 0.15) is 0 Å². The Kier molecular flexibility index (Phi) is 7.33. The van der Waals surface area contributed by atoms with Gasteiger partial charge in [-0.2, -0.15) is 0 Å². The number of carbonyl (C=O) groups excluding carboxylic acids is 2. The molecule has 2 N–H and O–H groups in total. The fourth-order valence-corrected chi connectivity index (χ4v) is 4.27. The van der Waals surface area contributed by atoms with E-state index in [1.807, 2.05) is 59.5 Å². The van der Waals surface area contributed by atoms with Crippen LogP contribution in [0.25, 0.3) is 11.3 Å². The monoisotopic (exact) mass is 473 g/mol. The Bertz CT molecular complexity index is 1210. The highest BCUT2D eigenvalue weighted by molar-refractivity contribution is 6.37. The second-order valence-corrected chi connectivity index (χ2v) is 8.69. The number of nitrogens with one attached hydrogen (secondary N) is 2. The number of halogens is 1. The summed E-state index contributed by atoms with van der Waals surface area (Å²) in [5.41, 5.74) is 4.83. The van der Waals surface area contributed by atoms with Crippen molar-refractivity contribution >= 4 is 46.1 Å². The molecule has 0 spiro atoms. The van der Waals surface area contributed by atoms with E-state index in [1.54, 1.807) is 18.2 Å². The smallest absolute Gasteiger partial charge is 0.258 e. The molecule has 34 heavy (non-hydrogen) atoms. The lowest BCUT2D eigenvalue weighted by atomic mass is 9.98. The van der Waals surface area contributed by atoms with Gasteiger partial charge in [0.25, 0.3) is 11.8 Å². The molecule has 0 saturated carbocycles. The first-order valence-corrected chi connectivity index (χ1v) is 12.0. The van der Waals surface area contributed by atoms with Gasteiger partial charge in [-0.15, -0.1) is 0 Å². The van der Waals surface area contributed by atoms with E-state index >= 15 is 0 Å². The van der Waals surface area contributed by atoms with Crippen LogP contribution in [0.4, 0.5) is 11.4 Å². The molecule has 4 rings (SSSR count). The van der Waals surface area contributed by atoms with Crippen molar-refractivity contribution in [2.24, 2.45) is 0 Å². The third-order valence-corrected chi connectivity index (χ3v) is 5.96. The van der Waals surface area contributed by atoms with Gasteiger partial charge in [-0.25, -0.2) is 0 Å². The maximum atomic E-state index is 13.3. The molecule has 5 nitrogen and oxygen atoms in total. The first-order chi connectivity index (χ1) is 16.5. The Morgan fingerprint density at radius 1 is 0.912 bits per heavy atom. The normalized spacial score (nSPS) is 13.8.